The molecule has 0 bridgehead atoms. The summed E-state index contributed by atoms with van der Waals surface area (Å²) in [6.07, 6.45) is 2.50. The molecule has 1 fully saturated rings. The highest BCUT2D eigenvalue weighted by Gasteiger charge is 2.19. The summed E-state index contributed by atoms with van der Waals surface area (Å²) in [5.74, 6) is 0.573. The quantitative estimate of drug-likeness (QED) is 0.753. The Kier molecular flexibility index (Phi) is 6.24. The normalized spacial score (nSPS) is 17.8. The lowest BCUT2D eigenvalue weighted by Gasteiger charge is -2.31. The summed E-state index contributed by atoms with van der Waals surface area (Å²) in [5.41, 5.74) is 1.20. The van der Waals surface area contributed by atoms with E-state index in [1.165, 1.54) is 5.56 Å². The van der Waals surface area contributed by atoms with Crippen LogP contribution in [-0.4, -0.2) is 36.6 Å². The molecular weight excluding hydrogens is 305 g/mol. The maximum atomic E-state index is 6.03. The van der Waals surface area contributed by atoms with Crippen molar-refractivity contribution in [1.82, 2.24) is 4.90 Å². The van der Waals surface area contributed by atoms with E-state index in [-0.39, 0.29) is 0 Å². The predicted octanol–water partition coefficient (Wildman–Crippen LogP) is 4.21. The molecule has 0 radical (unpaired) electrons. The number of likely N-dealkylation sites (tertiary alicyclic amines) is 1. The first-order valence-corrected chi connectivity index (χ1v) is 7.82. The molecule has 1 aromatic rings. The summed E-state index contributed by atoms with van der Waals surface area (Å²) < 4.78 is 5.67. The van der Waals surface area contributed by atoms with Crippen LogP contribution in [0.25, 0.3) is 0 Å². The van der Waals surface area contributed by atoms with E-state index in [2.05, 4.69) is 4.90 Å². The fraction of sp³-hybridized carbons (Fsp3) is 0.571. The number of halogens is 3. The van der Waals surface area contributed by atoms with E-state index in [0.29, 0.717) is 28.6 Å². The molecule has 1 saturated heterocycles. The number of hydrogen-bond donors (Lipinski definition) is 0. The first kappa shape index (κ1) is 15.4. The fourth-order valence-corrected chi connectivity index (χ4v) is 2.75. The molecule has 0 amide bonds. The molecule has 2 rings (SSSR count). The molecule has 2 nitrogen and oxygen atoms in total. The Morgan fingerprint density at radius 1 is 1.16 bits per heavy atom. The SMILES string of the molecule is ClCCOC1CCN(Cc2ccc(Cl)c(Cl)c2)CC1. The Morgan fingerprint density at radius 3 is 2.53 bits per heavy atom. The third-order valence-corrected chi connectivity index (χ3v) is 4.25. The van der Waals surface area contributed by atoms with Crippen molar-refractivity contribution < 1.29 is 4.74 Å². The van der Waals surface area contributed by atoms with Gasteiger partial charge >= 0.3 is 0 Å². The van der Waals surface area contributed by atoms with Crippen molar-refractivity contribution in [1.29, 1.82) is 0 Å². The molecule has 0 unspecified atom stereocenters. The minimum absolute atomic E-state index is 0.365. The molecule has 0 aromatic heterocycles. The maximum Gasteiger partial charge on any atom is 0.0605 e. The zero-order valence-corrected chi connectivity index (χ0v) is 13.0. The van der Waals surface area contributed by atoms with Gasteiger partial charge in [0.2, 0.25) is 0 Å². The average Bonchev–Trinajstić information content (AvgIpc) is 2.42. The highest BCUT2D eigenvalue weighted by Crippen LogP contribution is 2.24. The van der Waals surface area contributed by atoms with Gasteiger partial charge in [-0.25, -0.2) is 0 Å². The largest absolute Gasteiger partial charge is 0.377 e. The van der Waals surface area contributed by atoms with Crippen LogP contribution in [0.5, 0.6) is 0 Å². The van der Waals surface area contributed by atoms with Crippen molar-refractivity contribution in [2.24, 2.45) is 0 Å². The molecule has 0 spiro atoms. The van der Waals surface area contributed by atoms with Gasteiger partial charge in [-0.2, -0.15) is 0 Å². The number of nitrogens with zero attached hydrogens (tertiary/aromatic N) is 1. The minimum Gasteiger partial charge on any atom is -0.377 e. The zero-order chi connectivity index (χ0) is 13.7. The van der Waals surface area contributed by atoms with E-state index in [1.807, 2.05) is 18.2 Å². The van der Waals surface area contributed by atoms with E-state index in [9.17, 15) is 0 Å². The van der Waals surface area contributed by atoms with Crippen LogP contribution in [0.2, 0.25) is 10.0 Å². The van der Waals surface area contributed by atoms with E-state index >= 15 is 0 Å². The number of piperidine rings is 1. The minimum atomic E-state index is 0.365. The summed E-state index contributed by atoms with van der Waals surface area (Å²) in [6.45, 7) is 3.67. The molecule has 0 atom stereocenters. The lowest BCUT2D eigenvalue weighted by Crippen LogP contribution is -2.36. The smallest absolute Gasteiger partial charge is 0.0605 e. The van der Waals surface area contributed by atoms with E-state index < -0.39 is 0 Å². The van der Waals surface area contributed by atoms with Gasteiger partial charge in [0.25, 0.3) is 0 Å². The highest BCUT2D eigenvalue weighted by atomic mass is 35.5. The maximum absolute atomic E-state index is 6.03. The lowest BCUT2D eigenvalue weighted by molar-refractivity contribution is 0.0135. The van der Waals surface area contributed by atoms with Crippen LogP contribution < -0.4 is 0 Å². The first-order chi connectivity index (χ1) is 9.19. The highest BCUT2D eigenvalue weighted by molar-refractivity contribution is 6.42. The number of benzene rings is 1. The number of rotatable bonds is 5. The monoisotopic (exact) mass is 321 g/mol. The third kappa shape index (κ3) is 4.80. The second-order valence-corrected chi connectivity index (χ2v) is 5.98. The molecular formula is C14H18Cl3NO. The first-order valence-electron chi connectivity index (χ1n) is 6.53. The molecule has 1 aromatic carbocycles. The van der Waals surface area contributed by atoms with Crippen LogP contribution in [-0.2, 0) is 11.3 Å². The third-order valence-electron chi connectivity index (χ3n) is 3.36. The Morgan fingerprint density at radius 2 is 1.89 bits per heavy atom. The van der Waals surface area contributed by atoms with Crippen LogP contribution in [0.1, 0.15) is 18.4 Å². The Bertz CT molecular complexity index is 406. The van der Waals surface area contributed by atoms with Gasteiger partial charge < -0.3 is 4.74 Å². The summed E-state index contributed by atoms with van der Waals surface area (Å²) in [6, 6.07) is 5.83. The molecule has 0 aliphatic carbocycles. The van der Waals surface area contributed by atoms with Crippen molar-refractivity contribution in [2.45, 2.75) is 25.5 Å². The summed E-state index contributed by atoms with van der Waals surface area (Å²) in [4.78, 5) is 2.42. The predicted molar refractivity (Wildman–Crippen MR) is 81.4 cm³/mol. The molecule has 1 heterocycles. The van der Waals surface area contributed by atoms with Crippen molar-refractivity contribution in [3.05, 3.63) is 33.8 Å². The Labute approximate surface area is 129 Å². The van der Waals surface area contributed by atoms with Gasteiger partial charge in [-0.3, -0.25) is 4.90 Å². The molecule has 106 valence electrons. The number of alkyl halides is 1. The van der Waals surface area contributed by atoms with Gasteiger partial charge in [-0.15, -0.1) is 11.6 Å². The topological polar surface area (TPSA) is 12.5 Å². The zero-order valence-electron chi connectivity index (χ0n) is 10.7. The van der Waals surface area contributed by atoms with Crippen LogP contribution in [0.3, 0.4) is 0 Å². The molecule has 0 N–H and O–H groups in total. The molecule has 0 saturated carbocycles. The summed E-state index contributed by atoms with van der Waals surface area (Å²) in [5, 5.41) is 1.23. The van der Waals surface area contributed by atoms with Crippen LogP contribution in [0.15, 0.2) is 18.2 Å². The molecule has 19 heavy (non-hydrogen) atoms. The standard InChI is InChI=1S/C14H18Cl3NO/c15-5-8-19-12-3-6-18(7-4-12)10-11-1-2-13(16)14(17)9-11/h1-2,9,12H,3-8,10H2. The van der Waals surface area contributed by atoms with Gasteiger partial charge in [-0.05, 0) is 30.5 Å². The van der Waals surface area contributed by atoms with Crippen LogP contribution in [0, 0.1) is 0 Å². The second-order valence-electron chi connectivity index (χ2n) is 4.78. The van der Waals surface area contributed by atoms with Crippen LogP contribution in [0.4, 0.5) is 0 Å². The van der Waals surface area contributed by atoms with E-state index in [1.54, 1.807) is 0 Å². The molecule has 1 aliphatic heterocycles. The second kappa shape index (κ2) is 7.70. The van der Waals surface area contributed by atoms with Gasteiger partial charge in [-0.1, -0.05) is 29.3 Å². The van der Waals surface area contributed by atoms with Crippen molar-refractivity contribution in [3.8, 4) is 0 Å². The summed E-state index contributed by atoms with van der Waals surface area (Å²) in [7, 11) is 0. The molecule has 1 aliphatic rings. The van der Waals surface area contributed by atoms with E-state index in [4.69, 9.17) is 39.5 Å². The van der Waals surface area contributed by atoms with Crippen LogP contribution >= 0.6 is 34.8 Å². The molecule has 5 heteroatoms. The van der Waals surface area contributed by atoms with Gasteiger partial charge in [0.05, 0.1) is 22.8 Å². The average molecular weight is 323 g/mol. The van der Waals surface area contributed by atoms with Gasteiger partial charge in [0, 0.05) is 25.5 Å². The Balaban J connectivity index is 1.80. The lowest BCUT2D eigenvalue weighted by atomic mass is 10.1. The number of hydrogen-bond acceptors (Lipinski definition) is 2. The Hall–Kier alpha value is 0.01000. The van der Waals surface area contributed by atoms with Crippen molar-refractivity contribution >= 4 is 34.8 Å². The van der Waals surface area contributed by atoms with Crippen molar-refractivity contribution in [3.63, 3.8) is 0 Å². The number of ether oxygens (including phenoxy) is 1. The fourth-order valence-electron chi connectivity index (χ4n) is 2.34. The van der Waals surface area contributed by atoms with Gasteiger partial charge in [0.15, 0.2) is 0 Å². The van der Waals surface area contributed by atoms with Gasteiger partial charge in [0.1, 0.15) is 0 Å². The van der Waals surface area contributed by atoms with Crippen molar-refractivity contribution in [2.75, 3.05) is 25.6 Å². The van der Waals surface area contributed by atoms with E-state index in [0.717, 1.165) is 32.5 Å². The summed E-state index contributed by atoms with van der Waals surface area (Å²) >= 11 is 17.6.